The van der Waals surface area contributed by atoms with Crippen LogP contribution in [0, 0.1) is 0 Å². The number of para-hydroxylation sites is 1. The molecule has 2 heterocycles. The van der Waals surface area contributed by atoms with Crippen molar-refractivity contribution in [3.05, 3.63) is 88.7 Å². The van der Waals surface area contributed by atoms with Gasteiger partial charge in [-0.25, -0.2) is 13.8 Å². The van der Waals surface area contributed by atoms with E-state index in [0.717, 1.165) is 23.8 Å². The van der Waals surface area contributed by atoms with E-state index in [-0.39, 0.29) is 25.2 Å². The molecule has 1 saturated heterocycles. The van der Waals surface area contributed by atoms with Crippen molar-refractivity contribution in [2.24, 2.45) is 0 Å². The van der Waals surface area contributed by atoms with Crippen LogP contribution in [0.25, 0.3) is 0 Å². The maximum Gasteiger partial charge on any atom is 0.459 e. The largest absolute Gasteiger partial charge is 0.464 e. The summed E-state index contributed by atoms with van der Waals surface area (Å²) in [6.45, 7) is 9.07. The van der Waals surface area contributed by atoms with Gasteiger partial charge in [-0.15, -0.1) is 13.2 Å². The Hall–Kier alpha value is -3.68. The molecule has 1 aromatic heterocycles. The second-order valence-electron chi connectivity index (χ2n) is 10.0. The van der Waals surface area contributed by atoms with Crippen LogP contribution < -0.4 is 20.9 Å². The van der Waals surface area contributed by atoms with Gasteiger partial charge in [0.25, 0.3) is 5.56 Å². The van der Waals surface area contributed by atoms with Crippen molar-refractivity contribution in [3.8, 4) is 5.75 Å². The lowest BCUT2D eigenvalue weighted by atomic mass is 9.98. The fourth-order valence-electron chi connectivity index (χ4n) is 4.50. The van der Waals surface area contributed by atoms with E-state index in [9.17, 15) is 23.7 Å². The summed E-state index contributed by atoms with van der Waals surface area (Å²) >= 11 is 0. The number of methoxy groups -OCH3 is 1. The molecule has 0 radical (unpaired) electrons. The van der Waals surface area contributed by atoms with Gasteiger partial charge >= 0.3 is 19.4 Å². The standard InChI is InChI=1S/C29H37FN3O10P/c1-6-8-15-23(34)33-24(35)16-17-32(28(33)37)27-29(4,30)25(39-5)22(42-27)19-41-44(38,43-21-13-11-10-12-14-21)31-20(3)26(36)40-18-9-7-2/h6-7,10-14,16-17,20,22,25,27H,1-2,8-9,15,18-19H2,3-5H3,(H,31,38)/t20-,22?,25+,27?,29+,44?/m0/s1. The minimum absolute atomic E-state index is 0.0630. The van der Waals surface area contributed by atoms with E-state index in [0.29, 0.717) is 11.0 Å². The van der Waals surface area contributed by atoms with Crippen LogP contribution in [0.5, 0.6) is 5.75 Å². The van der Waals surface area contributed by atoms with Crippen molar-refractivity contribution in [3.63, 3.8) is 0 Å². The van der Waals surface area contributed by atoms with Crippen LogP contribution in [-0.2, 0) is 28.1 Å². The van der Waals surface area contributed by atoms with Gasteiger partial charge in [0.15, 0.2) is 11.9 Å². The van der Waals surface area contributed by atoms with Crippen molar-refractivity contribution < 1.29 is 41.8 Å². The van der Waals surface area contributed by atoms with E-state index in [4.69, 9.17) is 23.3 Å². The topological polar surface area (TPSA) is 153 Å². The normalized spacial score (nSPS) is 23.3. The highest BCUT2D eigenvalue weighted by Crippen LogP contribution is 2.48. The Bertz CT molecular complexity index is 1490. The molecule has 2 aromatic rings. The molecule has 1 N–H and O–H groups in total. The second-order valence-corrected chi connectivity index (χ2v) is 11.7. The minimum Gasteiger partial charge on any atom is -0.464 e. The van der Waals surface area contributed by atoms with Crippen molar-refractivity contribution in [1.82, 2.24) is 14.2 Å². The number of ether oxygens (including phenoxy) is 3. The van der Waals surface area contributed by atoms with Crippen molar-refractivity contribution in [2.75, 3.05) is 20.3 Å². The molecule has 240 valence electrons. The van der Waals surface area contributed by atoms with Crippen LogP contribution in [-0.4, -0.2) is 65.3 Å². The Morgan fingerprint density at radius 1 is 1.18 bits per heavy atom. The molecular formula is C29H37FN3O10P. The van der Waals surface area contributed by atoms with Crippen LogP contribution in [0.3, 0.4) is 0 Å². The quantitative estimate of drug-likeness (QED) is 0.124. The molecule has 3 unspecified atom stereocenters. The van der Waals surface area contributed by atoms with Gasteiger partial charge in [0.05, 0.1) is 13.2 Å². The Balaban J connectivity index is 1.87. The molecule has 15 heteroatoms. The first-order valence-electron chi connectivity index (χ1n) is 13.8. The van der Waals surface area contributed by atoms with Crippen LogP contribution in [0.15, 0.2) is 77.5 Å². The molecule has 3 rings (SSSR count). The zero-order valence-corrected chi connectivity index (χ0v) is 25.7. The number of aromatic nitrogens is 2. The van der Waals surface area contributed by atoms with Crippen LogP contribution in [0.4, 0.5) is 4.39 Å². The van der Waals surface area contributed by atoms with Gasteiger partial charge in [-0.2, -0.15) is 9.65 Å². The summed E-state index contributed by atoms with van der Waals surface area (Å²) in [5.74, 6) is -1.37. The summed E-state index contributed by atoms with van der Waals surface area (Å²) in [5.41, 5.74) is -4.40. The SMILES string of the molecule is C=CCCOC(=O)[C@H](C)NP(=O)(OCC1OC(n2ccc(=O)n(C(=O)CCC=C)c2=O)[C@](C)(F)[C@@H]1OC)Oc1ccccc1. The third-order valence-electron chi connectivity index (χ3n) is 6.66. The average Bonchev–Trinajstić information content (AvgIpc) is 3.24. The molecule has 0 bridgehead atoms. The molecule has 0 saturated carbocycles. The number of carbonyl (C=O) groups is 2. The Kier molecular flexibility index (Phi) is 12.1. The van der Waals surface area contributed by atoms with E-state index in [2.05, 4.69) is 18.2 Å². The highest BCUT2D eigenvalue weighted by molar-refractivity contribution is 7.52. The fraction of sp³-hybridized carbons (Fsp3) is 0.448. The van der Waals surface area contributed by atoms with Crippen molar-refractivity contribution >= 4 is 19.6 Å². The lowest BCUT2D eigenvalue weighted by molar-refractivity contribution is -0.145. The fourth-order valence-corrected chi connectivity index (χ4v) is 6.00. The van der Waals surface area contributed by atoms with E-state index < -0.39 is 67.6 Å². The Morgan fingerprint density at radius 3 is 2.50 bits per heavy atom. The van der Waals surface area contributed by atoms with Crippen LogP contribution in [0.2, 0.25) is 0 Å². The number of nitrogens with zero attached hydrogens (tertiary/aromatic N) is 2. The number of allylic oxidation sites excluding steroid dienone is 1. The Labute approximate surface area is 253 Å². The van der Waals surface area contributed by atoms with E-state index in [1.807, 2.05) is 0 Å². The first-order chi connectivity index (χ1) is 20.9. The molecular weight excluding hydrogens is 600 g/mol. The van der Waals surface area contributed by atoms with E-state index in [1.165, 1.54) is 32.2 Å². The lowest BCUT2D eigenvalue weighted by Crippen LogP contribution is -2.48. The predicted octanol–water partition coefficient (Wildman–Crippen LogP) is 3.56. The molecule has 1 fully saturated rings. The number of esters is 1. The van der Waals surface area contributed by atoms with Gasteiger partial charge in [0.2, 0.25) is 5.91 Å². The minimum atomic E-state index is -4.36. The lowest BCUT2D eigenvalue weighted by Gasteiger charge is -2.27. The van der Waals surface area contributed by atoms with Crippen molar-refractivity contribution in [1.29, 1.82) is 0 Å². The number of nitrogens with one attached hydrogen (secondary N) is 1. The number of benzene rings is 1. The summed E-state index contributed by atoms with van der Waals surface area (Å²) in [6, 6.07) is 7.80. The monoisotopic (exact) mass is 637 g/mol. The summed E-state index contributed by atoms with van der Waals surface area (Å²) in [4.78, 5) is 50.6. The molecule has 6 atom stereocenters. The second kappa shape index (κ2) is 15.4. The summed E-state index contributed by atoms with van der Waals surface area (Å²) in [6.07, 6.45) is 0.199. The highest BCUT2D eigenvalue weighted by Gasteiger charge is 2.57. The molecule has 13 nitrogen and oxygen atoms in total. The maximum atomic E-state index is 16.3. The highest BCUT2D eigenvalue weighted by atomic mass is 31.2. The average molecular weight is 638 g/mol. The van der Waals surface area contributed by atoms with E-state index >= 15 is 4.39 Å². The van der Waals surface area contributed by atoms with Crippen molar-refractivity contribution in [2.45, 2.75) is 63.3 Å². The van der Waals surface area contributed by atoms with Gasteiger partial charge in [0.1, 0.15) is 24.0 Å². The zero-order chi connectivity index (χ0) is 32.5. The number of alkyl halides is 1. The molecule has 1 aliphatic rings. The number of hydrogen-bond donors (Lipinski definition) is 1. The predicted molar refractivity (Wildman–Crippen MR) is 158 cm³/mol. The maximum absolute atomic E-state index is 16.3. The summed E-state index contributed by atoms with van der Waals surface area (Å²) < 4.78 is 59.0. The third-order valence-corrected chi connectivity index (χ3v) is 8.30. The van der Waals surface area contributed by atoms with Gasteiger partial charge in [-0.05, 0) is 38.8 Å². The number of hydrogen-bond acceptors (Lipinski definition) is 10. The van der Waals surface area contributed by atoms with Gasteiger partial charge in [0, 0.05) is 25.8 Å². The molecule has 0 amide bonds. The van der Waals surface area contributed by atoms with E-state index in [1.54, 1.807) is 24.3 Å². The number of rotatable bonds is 16. The molecule has 1 aromatic carbocycles. The van der Waals surface area contributed by atoms with Crippen LogP contribution in [0.1, 0.15) is 44.1 Å². The summed E-state index contributed by atoms with van der Waals surface area (Å²) in [7, 11) is -3.15. The smallest absolute Gasteiger partial charge is 0.459 e. The molecule has 0 aliphatic carbocycles. The zero-order valence-electron chi connectivity index (χ0n) is 24.8. The van der Waals surface area contributed by atoms with Gasteiger partial charge in [-0.3, -0.25) is 23.5 Å². The number of carbonyl (C=O) groups excluding carboxylic acids is 2. The van der Waals surface area contributed by atoms with Crippen LogP contribution >= 0.6 is 7.75 Å². The van der Waals surface area contributed by atoms with Gasteiger partial charge < -0.3 is 18.7 Å². The number of halogens is 1. The molecule has 0 spiro atoms. The first-order valence-corrected chi connectivity index (χ1v) is 15.3. The Morgan fingerprint density at radius 2 is 1.86 bits per heavy atom. The third kappa shape index (κ3) is 8.27. The molecule has 44 heavy (non-hydrogen) atoms. The summed E-state index contributed by atoms with van der Waals surface area (Å²) in [5, 5.41) is 2.52. The van der Waals surface area contributed by atoms with Gasteiger partial charge in [-0.1, -0.05) is 30.4 Å². The first kappa shape index (κ1) is 34.8. The molecule has 1 aliphatic heterocycles.